The number of halogens is 5. The van der Waals surface area contributed by atoms with Crippen molar-refractivity contribution < 1.29 is 39.8 Å². The molecule has 4 nitrogen and oxygen atoms in total. The van der Waals surface area contributed by atoms with Crippen LogP contribution in [0.25, 0.3) is 0 Å². The maximum Gasteiger partial charge on any atom is 0.419 e. The molecule has 2 aromatic rings. The van der Waals surface area contributed by atoms with Gasteiger partial charge in [0.15, 0.2) is 0 Å². The van der Waals surface area contributed by atoms with Crippen LogP contribution in [0.1, 0.15) is 16.1 Å². The summed E-state index contributed by atoms with van der Waals surface area (Å²) in [4.78, 5) is 13.9. The molecule has 0 unspecified atom stereocenters. The summed E-state index contributed by atoms with van der Waals surface area (Å²) < 4.78 is 42.0. The second-order valence-corrected chi connectivity index (χ2v) is 3.95. The number of anilines is 1. The maximum absolute atomic E-state index is 12.4. The lowest BCUT2D eigenvalue weighted by atomic mass is 10.2. The van der Waals surface area contributed by atoms with E-state index in [1.165, 1.54) is 18.4 Å². The third-order valence-electron chi connectivity index (χ3n) is 2.20. The molecule has 20 heavy (non-hydrogen) atoms. The maximum atomic E-state index is 12.4. The van der Waals surface area contributed by atoms with E-state index in [1.54, 1.807) is 0 Å². The summed E-state index contributed by atoms with van der Waals surface area (Å²) in [6.07, 6.45) is -2.50. The summed E-state index contributed by atoms with van der Waals surface area (Å²) in [6, 6.07) is 3.64. The predicted molar refractivity (Wildman–Crippen MR) is 59.7 cm³/mol. The zero-order valence-corrected chi connectivity index (χ0v) is 11.1. The zero-order chi connectivity index (χ0) is 14.0. The molecule has 0 saturated heterocycles. The molecule has 2 aromatic heterocycles. The molecule has 0 radical (unpaired) electrons. The number of hydrogen-bond acceptors (Lipinski definition) is 2. The molecular formula is C11H7Cl2F3N2O2. The van der Waals surface area contributed by atoms with Gasteiger partial charge in [0.2, 0.25) is 5.76 Å². The normalized spacial score (nSPS) is 10.8. The Bertz CT molecular complexity index is 600. The van der Waals surface area contributed by atoms with E-state index >= 15 is 0 Å². The van der Waals surface area contributed by atoms with E-state index in [9.17, 15) is 18.0 Å². The van der Waals surface area contributed by atoms with Gasteiger partial charge in [0.1, 0.15) is 11.2 Å². The minimum atomic E-state index is -4.51. The van der Waals surface area contributed by atoms with E-state index < -0.39 is 17.6 Å². The smallest absolute Gasteiger partial charge is 0.419 e. The number of aromatic nitrogens is 1. The molecule has 2 N–H and O–H groups in total. The van der Waals surface area contributed by atoms with Gasteiger partial charge in [-0.25, -0.2) is 15.1 Å². The van der Waals surface area contributed by atoms with Crippen LogP contribution >= 0.6 is 11.6 Å². The monoisotopic (exact) mass is 326 g/mol. The van der Waals surface area contributed by atoms with Crippen molar-refractivity contribution in [3.05, 3.63) is 47.0 Å². The molecular weight excluding hydrogens is 320 g/mol. The average molecular weight is 327 g/mol. The van der Waals surface area contributed by atoms with Crippen molar-refractivity contribution in [2.75, 3.05) is 5.32 Å². The quantitative estimate of drug-likeness (QED) is 0.846. The van der Waals surface area contributed by atoms with Crippen LogP contribution in [0, 0.1) is 0 Å². The third kappa shape index (κ3) is 3.64. The van der Waals surface area contributed by atoms with Crippen LogP contribution < -0.4 is 22.7 Å². The van der Waals surface area contributed by atoms with Gasteiger partial charge in [0.05, 0.1) is 11.8 Å². The predicted octanol–water partition coefficient (Wildman–Crippen LogP) is 0.0222. The molecule has 0 spiro atoms. The molecule has 2 rings (SSSR count). The summed E-state index contributed by atoms with van der Waals surface area (Å²) >= 11 is 5.66. The van der Waals surface area contributed by atoms with Gasteiger partial charge in [0, 0.05) is 0 Å². The summed E-state index contributed by atoms with van der Waals surface area (Å²) in [5.41, 5.74) is -0.937. The number of hydrogen-bond donors (Lipinski definition) is 1. The van der Waals surface area contributed by atoms with Crippen molar-refractivity contribution in [1.29, 1.82) is 0 Å². The zero-order valence-electron chi connectivity index (χ0n) is 9.59. The van der Waals surface area contributed by atoms with Crippen LogP contribution in [0.2, 0.25) is 5.02 Å². The third-order valence-corrected chi connectivity index (χ3v) is 2.50. The SMILES string of the molecule is O=C(Nc1[nH+]cc(C(F)(F)F)cc1Cl)c1ccco1.[Cl-]. The van der Waals surface area contributed by atoms with Crippen LogP contribution in [0.4, 0.5) is 19.0 Å². The van der Waals surface area contributed by atoms with E-state index in [4.69, 9.17) is 16.0 Å². The fraction of sp³-hybridized carbons (Fsp3) is 0.0909. The van der Waals surface area contributed by atoms with Gasteiger partial charge < -0.3 is 16.8 Å². The minimum Gasteiger partial charge on any atom is -1.00 e. The Morgan fingerprint density at radius 1 is 1.40 bits per heavy atom. The topological polar surface area (TPSA) is 56.4 Å². The lowest BCUT2D eigenvalue weighted by Crippen LogP contribution is -3.00. The van der Waals surface area contributed by atoms with Crippen molar-refractivity contribution >= 4 is 23.3 Å². The Hall–Kier alpha value is -1.73. The van der Waals surface area contributed by atoms with Crippen molar-refractivity contribution in [2.24, 2.45) is 0 Å². The van der Waals surface area contributed by atoms with Gasteiger partial charge in [-0.3, -0.25) is 0 Å². The number of aromatic amines is 1. The van der Waals surface area contributed by atoms with Gasteiger partial charge in [0.25, 0.3) is 5.82 Å². The number of furan rings is 1. The van der Waals surface area contributed by atoms with Gasteiger partial charge in [-0.2, -0.15) is 13.2 Å². The lowest BCUT2D eigenvalue weighted by molar-refractivity contribution is -0.364. The summed E-state index contributed by atoms with van der Waals surface area (Å²) in [7, 11) is 0. The largest absolute Gasteiger partial charge is 1.00 e. The number of rotatable bonds is 2. The number of pyridine rings is 1. The van der Waals surface area contributed by atoms with Crippen LogP contribution in [0.5, 0.6) is 0 Å². The van der Waals surface area contributed by atoms with Crippen LogP contribution in [-0.2, 0) is 6.18 Å². The van der Waals surface area contributed by atoms with Crippen molar-refractivity contribution in [1.82, 2.24) is 0 Å². The van der Waals surface area contributed by atoms with Crippen molar-refractivity contribution in [2.45, 2.75) is 6.18 Å². The molecule has 0 saturated carbocycles. The summed E-state index contributed by atoms with van der Waals surface area (Å²) in [5.74, 6) is -0.650. The number of carbonyl (C=O) groups excluding carboxylic acids is 1. The fourth-order valence-corrected chi connectivity index (χ4v) is 1.53. The van der Waals surface area contributed by atoms with Crippen LogP contribution in [-0.4, -0.2) is 5.91 Å². The molecule has 0 fully saturated rings. The van der Waals surface area contributed by atoms with Gasteiger partial charge in [-0.05, 0) is 18.2 Å². The first-order valence-corrected chi connectivity index (χ1v) is 5.39. The van der Waals surface area contributed by atoms with Gasteiger partial charge in [-0.1, -0.05) is 11.6 Å². The second kappa shape index (κ2) is 6.15. The lowest BCUT2D eigenvalue weighted by Gasteiger charge is -2.05. The molecule has 0 aromatic carbocycles. The highest BCUT2D eigenvalue weighted by atomic mass is 35.5. The number of alkyl halides is 3. The van der Waals surface area contributed by atoms with Gasteiger partial charge in [-0.15, -0.1) is 0 Å². The van der Waals surface area contributed by atoms with Crippen LogP contribution in [0.3, 0.4) is 0 Å². The fourth-order valence-electron chi connectivity index (χ4n) is 1.31. The molecule has 0 atom stereocenters. The molecule has 2 heterocycles. The number of amides is 1. The first-order chi connectivity index (χ1) is 8.88. The highest BCUT2D eigenvalue weighted by Gasteiger charge is 2.33. The number of H-pyrrole nitrogens is 1. The Labute approximate surface area is 122 Å². The molecule has 9 heteroatoms. The van der Waals surface area contributed by atoms with E-state index in [-0.39, 0.29) is 29.0 Å². The summed E-state index contributed by atoms with van der Waals surface area (Å²) in [5, 5.41) is 2.05. The minimum absolute atomic E-state index is 0. The number of nitrogens with one attached hydrogen (secondary N) is 2. The molecule has 0 aliphatic carbocycles. The molecule has 108 valence electrons. The highest BCUT2D eigenvalue weighted by molar-refractivity contribution is 6.33. The van der Waals surface area contributed by atoms with E-state index in [0.717, 1.165) is 6.07 Å². The van der Waals surface area contributed by atoms with Crippen LogP contribution in [0.15, 0.2) is 35.1 Å². The van der Waals surface area contributed by atoms with Gasteiger partial charge >= 0.3 is 12.1 Å². The Morgan fingerprint density at radius 2 is 2.10 bits per heavy atom. The molecule has 0 aliphatic heterocycles. The standard InChI is InChI=1S/C11H6ClF3N2O2.ClH/c12-7-4-6(11(13,14)15)5-16-9(7)17-10(18)8-2-1-3-19-8;/h1-5H,(H,16,17,18);1H. The Morgan fingerprint density at radius 3 is 2.60 bits per heavy atom. The van der Waals surface area contributed by atoms with E-state index in [0.29, 0.717) is 6.20 Å². The van der Waals surface area contributed by atoms with Crippen molar-refractivity contribution in [3.63, 3.8) is 0 Å². The first-order valence-electron chi connectivity index (χ1n) is 5.01. The highest BCUT2D eigenvalue weighted by Crippen LogP contribution is 2.31. The Balaban J connectivity index is 0.00000200. The Kier molecular flexibility index (Phi) is 5.02. The van der Waals surface area contributed by atoms with Crippen molar-refractivity contribution in [3.8, 4) is 0 Å². The second-order valence-electron chi connectivity index (χ2n) is 3.54. The summed E-state index contributed by atoms with van der Waals surface area (Å²) in [6.45, 7) is 0. The molecule has 1 amide bonds. The average Bonchev–Trinajstić information content (AvgIpc) is 2.84. The number of carbonyl (C=O) groups is 1. The van der Waals surface area contributed by atoms with E-state index in [2.05, 4.69) is 10.3 Å². The molecule has 0 bridgehead atoms. The van der Waals surface area contributed by atoms with E-state index in [1.807, 2.05) is 0 Å². The molecule has 0 aliphatic rings. The first kappa shape index (κ1) is 16.3.